The van der Waals surface area contributed by atoms with Gasteiger partial charge in [-0.1, -0.05) is 66.7 Å². The SMILES string of the molecule is N/C(=C(/C=O)c1ccccn1)c1ccccc1.N/C(=C\C=NC[C@@H]1CCCN1)c1ccccc1. The van der Waals surface area contributed by atoms with Crippen LogP contribution in [0.4, 0.5) is 0 Å². The zero-order valence-corrected chi connectivity index (χ0v) is 19.2. The molecule has 1 aliphatic rings. The molecule has 34 heavy (non-hydrogen) atoms. The van der Waals surface area contributed by atoms with Crippen LogP contribution < -0.4 is 16.8 Å². The van der Waals surface area contributed by atoms with Gasteiger partial charge in [-0.25, -0.2) is 0 Å². The first-order valence-corrected chi connectivity index (χ1v) is 11.3. The van der Waals surface area contributed by atoms with Crippen molar-refractivity contribution >= 4 is 29.5 Å². The number of carbonyl (C=O) groups is 1. The minimum atomic E-state index is 0.414. The van der Waals surface area contributed by atoms with Gasteiger partial charge in [0.15, 0.2) is 6.29 Å². The van der Waals surface area contributed by atoms with Crippen LogP contribution in [-0.4, -0.2) is 36.6 Å². The lowest BCUT2D eigenvalue weighted by Gasteiger charge is -2.06. The summed E-state index contributed by atoms with van der Waals surface area (Å²) >= 11 is 0. The topological polar surface area (TPSA) is 106 Å². The molecule has 1 atom stereocenters. The Morgan fingerprint density at radius 3 is 2.24 bits per heavy atom. The predicted octanol–water partition coefficient (Wildman–Crippen LogP) is 3.92. The highest BCUT2D eigenvalue weighted by Gasteiger charge is 2.12. The number of allylic oxidation sites excluding steroid dienone is 2. The average Bonchev–Trinajstić information content (AvgIpc) is 3.43. The van der Waals surface area contributed by atoms with Crippen molar-refractivity contribution in [3.63, 3.8) is 0 Å². The van der Waals surface area contributed by atoms with Crippen molar-refractivity contribution in [2.75, 3.05) is 13.1 Å². The lowest BCUT2D eigenvalue weighted by atomic mass is 10.0. The average molecular weight is 454 g/mol. The molecule has 0 spiro atoms. The van der Waals surface area contributed by atoms with E-state index >= 15 is 0 Å². The van der Waals surface area contributed by atoms with Crippen molar-refractivity contribution in [3.05, 3.63) is 108 Å². The van der Waals surface area contributed by atoms with Crippen LogP contribution in [0, 0.1) is 0 Å². The molecule has 0 bridgehead atoms. The monoisotopic (exact) mass is 453 g/mol. The third kappa shape index (κ3) is 7.53. The van der Waals surface area contributed by atoms with Gasteiger partial charge in [0, 0.05) is 24.2 Å². The zero-order chi connectivity index (χ0) is 24.0. The maximum atomic E-state index is 11.1. The van der Waals surface area contributed by atoms with E-state index in [1.54, 1.807) is 18.3 Å². The van der Waals surface area contributed by atoms with Crippen molar-refractivity contribution in [1.29, 1.82) is 0 Å². The Bertz CT molecular complexity index is 1100. The van der Waals surface area contributed by atoms with Crippen molar-refractivity contribution in [2.24, 2.45) is 16.5 Å². The van der Waals surface area contributed by atoms with Gasteiger partial charge in [-0.05, 0) is 48.7 Å². The second kappa shape index (κ2) is 13.5. The molecule has 1 aliphatic heterocycles. The number of benzene rings is 2. The van der Waals surface area contributed by atoms with Gasteiger partial charge in [0.2, 0.25) is 0 Å². The quantitative estimate of drug-likeness (QED) is 0.286. The molecular weight excluding hydrogens is 422 g/mol. The number of nitrogens with two attached hydrogens (primary N) is 2. The molecule has 1 saturated heterocycles. The molecule has 4 rings (SSSR count). The summed E-state index contributed by atoms with van der Waals surface area (Å²) in [6.45, 7) is 1.97. The first-order valence-electron chi connectivity index (χ1n) is 11.3. The molecule has 3 aromatic rings. The number of hydrogen-bond donors (Lipinski definition) is 3. The summed E-state index contributed by atoms with van der Waals surface area (Å²) in [5, 5.41) is 3.41. The number of aldehydes is 1. The number of rotatable bonds is 7. The molecule has 1 aromatic heterocycles. The van der Waals surface area contributed by atoms with Crippen molar-refractivity contribution < 1.29 is 4.79 Å². The molecule has 0 aliphatic carbocycles. The Morgan fingerprint density at radius 1 is 0.971 bits per heavy atom. The highest BCUT2D eigenvalue weighted by atomic mass is 16.1. The summed E-state index contributed by atoms with van der Waals surface area (Å²) in [4.78, 5) is 19.6. The van der Waals surface area contributed by atoms with E-state index in [0.29, 0.717) is 23.0 Å². The fourth-order valence-electron chi connectivity index (χ4n) is 3.52. The van der Waals surface area contributed by atoms with Crippen LogP contribution in [0.3, 0.4) is 0 Å². The van der Waals surface area contributed by atoms with Crippen LogP contribution in [0.1, 0.15) is 29.7 Å². The lowest BCUT2D eigenvalue weighted by molar-refractivity contribution is -0.103. The summed E-state index contributed by atoms with van der Waals surface area (Å²) in [6.07, 6.45) is 8.55. The largest absolute Gasteiger partial charge is 0.398 e. The van der Waals surface area contributed by atoms with Crippen molar-refractivity contribution in [3.8, 4) is 0 Å². The minimum absolute atomic E-state index is 0.414. The van der Waals surface area contributed by atoms with Crippen LogP contribution in [0.2, 0.25) is 0 Å². The van der Waals surface area contributed by atoms with E-state index in [1.807, 2.05) is 79.0 Å². The third-order valence-corrected chi connectivity index (χ3v) is 5.39. The summed E-state index contributed by atoms with van der Waals surface area (Å²) in [5.41, 5.74) is 16.0. The molecule has 6 nitrogen and oxygen atoms in total. The summed E-state index contributed by atoms with van der Waals surface area (Å²) in [5.74, 6) is 0. The van der Waals surface area contributed by atoms with Crippen molar-refractivity contribution in [2.45, 2.75) is 18.9 Å². The number of nitrogens with one attached hydrogen (secondary N) is 1. The Morgan fingerprint density at radius 2 is 1.65 bits per heavy atom. The molecule has 2 heterocycles. The molecule has 5 N–H and O–H groups in total. The number of hydrogen-bond acceptors (Lipinski definition) is 6. The Hall–Kier alpha value is -4.03. The molecular formula is C28H31N5O. The van der Waals surface area contributed by atoms with Crippen LogP contribution in [0.25, 0.3) is 17.0 Å². The van der Waals surface area contributed by atoms with E-state index < -0.39 is 0 Å². The van der Waals surface area contributed by atoms with Crippen LogP contribution >= 0.6 is 0 Å². The highest BCUT2D eigenvalue weighted by Crippen LogP contribution is 2.19. The molecule has 0 amide bonds. The number of aromatic nitrogens is 1. The van der Waals surface area contributed by atoms with E-state index in [9.17, 15) is 4.79 Å². The Labute approximate surface area is 201 Å². The number of pyridine rings is 1. The van der Waals surface area contributed by atoms with Crippen molar-refractivity contribution in [1.82, 2.24) is 10.3 Å². The number of carbonyl (C=O) groups excluding carboxylic acids is 1. The van der Waals surface area contributed by atoms with Crippen LogP contribution in [0.5, 0.6) is 0 Å². The van der Waals surface area contributed by atoms with E-state index in [-0.39, 0.29) is 0 Å². The normalized spacial score (nSPS) is 16.5. The second-order valence-corrected chi connectivity index (χ2v) is 7.82. The van der Waals surface area contributed by atoms with Gasteiger partial charge >= 0.3 is 0 Å². The first kappa shape index (κ1) is 24.6. The molecule has 2 aromatic carbocycles. The third-order valence-electron chi connectivity index (χ3n) is 5.39. The molecule has 174 valence electrons. The molecule has 0 radical (unpaired) electrons. The first-order chi connectivity index (χ1) is 16.7. The van der Waals surface area contributed by atoms with Crippen LogP contribution in [0.15, 0.2) is 96.1 Å². The molecule has 0 unspecified atom stereocenters. The minimum Gasteiger partial charge on any atom is -0.398 e. The molecule has 1 fully saturated rings. The van der Waals surface area contributed by atoms with Gasteiger partial charge in [-0.3, -0.25) is 14.8 Å². The van der Waals surface area contributed by atoms with Gasteiger partial charge < -0.3 is 16.8 Å². The fraction of sp³-hybridized carbons (Fsp3) is 0.179. The van der Waals surface area contributed by atoms with Gasteiger partial charge in [-0.2, -0.15) is 0 Å². The van der Waals surface area contributed by atoms with E-state index in [2.05, 4.69) is 15.3 Å². The number of nitrogens with zero attached hydrogens (tertiary/aromatic N) is 2. The summed E-state index contributed by atoms with van der Waals surface area (Å²) in [6, 6.07) is 25.3. The summed E-state index contributed by atoms with van der Waals surface area (Å²) < 4.78 is 0. The second-order valence-electron chi connectivity index (χ2n) is 7.82. The van der Waals surface area contributed by atoms with Gasteiger partial charge in [0.05, 0.1) is 23.5 Å². The Kier molecular flexibility index (Phi) is 9.77. The van der Waals surface area contributed by atoms with Crippen LogP contribution in [-0.2, 0) is 4.79 Å². The maximum Gasteiger partial charge on any atom is 0.154 e. The lowest BCUT2D eigenvalue weighted by Crippen LogP contribution is -2.24. The summed E-state index contributed by atoms with van der Waals surface area (Å²) in [7, 11) is 0. The molecule has 0 saturated carbocycles. The van der Waals surface area contributed by atoms with E-state index in [0.717, 1.165) is 36.2 Å². The fourth-order valence-corrected chi connectivity index (χ4v) is 3.52. The van der Waals surface area contributed by atoms with E-state index in [1.165, 1.54) is 12.8 Å². The standard InChI is InChI=1S/C14H19N3.C14H12N2O/c15-14(12-5-2-1-3-6-12)8-10-16-11-13-7-4-9-17-13;15-14(11-6-2-1-3-7-11)12(10-17)13-8-4-5-9-16-13/h1-3,5-6,8,10,13,17H,4,7,9,11,15H2;1-10H,15H2/b14-8-,16-10?;14-12-/t13-;/m0./s1. The Balaban J connectivity index is 0.000000191. The maximum absolute atomic E-state index is 11.1. The number of aliphatic imine (C=N–C) groups is 1. The van der Waals surface area contributed by atoms with Gasteiger partial charge in [0.1, 0.15) is 0 Å². The van der Waals surface area contributed by atoms with Gasteiger partial charge in [0.25, 0.3) is 0 Å². The smallest absolute Gasteiger partial charge is 0.154 e. The zero-order valence-electron chi connectivity index (χ0n) is 19.2. The highest BCUT2D eigenvalue weighted by molar-refractivity contribution is 6.15. The molecule has 6 heteroatoms. The van der Waals surface area contributed by atoms with Gasteiger partial charge in [-0.15, -0.1) is 0 Å². The van der Waals surface area contributed by atoms with E-state index in [4.69, 9.17) is 11.5 Å². The predicted molar refractivity (Wildman–Crippen MR) is 141 cm³/mol.